The van der Waals surface area contributed by atoms with E-state index in [-0.39, 0.29) is 31.1 Å². The van der Waals surface area contributed by atoms with Gasteiger partial charge in [-0.05, 0) is 25.2 Å². The Morgan fingerprint density at radius 3 is 0.742 bits per heavy atom. The maximum absolute atomic E-state index is 12.9. The second-order valence-corrected chi connectivity index (χ2v) is 21.1. The van der Waals surface area contributed by atoms with Gasteiger partial charge in [0, 0.05) is 19.3 Å². The summed E-state index contributed by atoms with van der Waals surface area (Å²) in [5.41, 5.74) is 0. The predicted octanol–water partition coefficient (Wildman–Crippen LogP) is 19.8. The Morgan fingerprint density at radius 1 is 0.288 bits per heavy atom. The zero-order valence-electron chi connectivity index (χ0n) is 45.2. The van der Waals surface area contributed by atoms with E-state index in [0.717, 1.165) is 63.7 Å². The number of unbranched alkanes of at least 4 members (excludes halogenated alkanes) is 42. The molecule has 0 saturated heterocycles. The Kier molecular flexibility index (Phi) is 53.0. The van der Waals surface area contributed by atoms with Crippen LogP contribution in [0.2, 0.25) is 0 Å². The van der Waals surface area contributed by atoms with Crippen molar-refractivity contribution in [2.24, 2.45) is 5.92 Å². The Bertz CT molecular complexity index is 996. The molecule has 0 fully saturated rings. The summed E-state index contributed by atoms with van der Waals surface area (Å²) in [6.45, 7) is 9.04. The lowest BCUT2D eigenvalue weighted by Gasteiger charge is -2.18. The van der Waals surface area contributed by atoms with Crippen LogP contribution in [0, 0.1) is 5.92 Å². The van der Waals surface area contributed by atoms with E-state index in [1.165, 1.54) is 238 Å². The number of rotatable bonds is 55. The van der Waals surface area contributed by atoms with Crippen LogP contribution in [-0.2, 0) is 28.6 Å². The van der Waals surface area contributed by atoms with E-state index in [1.807, 2.05) is 0 Å². The van der Waals surface area contributed by atoms with Crippen LogP contribution in [0.3, 0.4) is 0 Å². The Labute approximate surface area is 412 Å². The Balaban J connectivity index is 4.26. The van der Waals surface area contributed by atoms with E-state index < -0.39 is 6.10 Å². The van der Waals surface area contributed by atoms with Crippen molar-refractivity contribution >= 4 is 17.9 Å². The fourth-order valence-electron chi connectivity index (χ4n) is 9.28. The van der Waals surface area contributed by atoms with Crippen molar-refractivity contribution in [1.82, 2.24) is 0 Å². The second kappa shape index (κ2) is 54.4. The number of carbonyl (C=O) groups excluding carboxylic acids is 3. The molecule has 0 aliphatic rings. The molecule has 0 rings (SSSR count). The number of hydrogen-bond donors (Lipinski definition) is 0. The molecule has 0 heterocycles. The molecule has 66 heavy (non-hydrogen) atoms. The summed E-state index contributed by atoms with van der Waals surface area (Å²) < 4.78 is 16.9. The highest BCUT2D eigenvalue weighted by atomic mass is 16.6. The summed E-state index contributed by atoms with van der Waals surface area (Å²) in [6.07, 6.45) is 59.6. The van der Waals surface area contributed by atoms with Crippen molar-refractivity contribution in [2.45, 2.75) is 348 Å². The van der Waals surface area contributed by atoms with Crippen LogP contribution in [0.5, 0.6) is 0 Å². The van der Waals surface area contributed by atoms with E-state index in [0.29, 0.717) is 19.3 Å². The molecule has 0 aromatic carbocycles. The van der Waals surface area contributed by atoms with E-state index >= 15 is 0 Å². The number of esters is 3. The van der Waals surface area contributed by atoms with E-state index in [2.05, 4.69) is 27.7 Å². The second-order valence-electron chi connectivity index (χ2n) is 21.1. The molecule has 392 valence electrons. The van der Waals surface area contributed by atoms with Crippen LogP contribution in [0.15, 0.2) is 0 Å². The standard InChI is InChI=1S/C60H116O6/c1-5-7-9-11-13-15-17-19-21-23-25-27-29-31-35-39-43-47-51-58(61)64-54-57(55-65-59(62)52-48-44-40-37-33-34-38-42-46-50-56(3)4)66-60(63)53-49-45-41-36-32-30-28-26-24-22-20-18-16-14-12-10-8-6-2/h56-57H,5-55H2,1-4H3/t57-/m0/s1. The molecule has 1 atom stereocenters. The summed E-state index contributed by atoms with van der Waals surface area (Å²) in [4.78, 5) is 38.2. The summed E-state index contributed by atoms with van der Waals surface area (Å²) in [5.74, 6) is -0.0267. The zero-order valence-corrected chi connectivity index (χ0v) is 45.2. The summed E-state index contributed by atoms with van der Waals surface area (Å²) in [7, 11) is 0. The minimum atomic E-state index is -0.762. The predicted molar refractivity (Wildman–Crippen MR) is 284 cm³/mol. The van der Waals surface area contributed by atoms with Crippen molar-refractivity contribution in [2.75, 3.05) is 13.2 Å². The highest BCUT2D eigenvalue weighted by Gasteiger charge is 2.19. The minimum absolute atomic E-state index is 0.0620. The van der Waals surface area contributed by atoms with E-state index in [1.54, 1.807) is 0 Å². The maximum Gasteiger partial charge on any atom is 0.306 e. The summed E-state index contributed by atoms with van der Waals surface area (Å²) in [6, 6.07) is 0. The first-order valence-electron chi connectivity index (χ1n) is 29.9. The van der Waals surface area contributed by atoms with Gasteiger partial charge in [0.1, 0.15) is 13.2 Å². The van der Waals surface area contributed by atoms with Gasteiger partial charge in [-0.3, -0.25) is 14.4 Å². The number of ether oxygens (including phenoxy) is 3. The molecule has 0 saturated carbocycles. The van der Waals surface area contributed by atoms with E-state index in [4.69, 9.17) is 14.2 Å². The molecular formula is C60H116O6. The van der Waals surface area contributed by atoms with E-state index in [9.17, 15) is 14.4 Å². The Hall–Kier alpha value is -1.59. The van der Waals surface area contributed by atoms with Crippen LogP contribution in [0.25, 0.3) is 0 Å². The fraction of sp³-hybridized carbons (Fsp3) is 0.950. The third-order valence-electron chi connectivity index (χ3n) is 13.8. The first-order valence-corrected chi connectivity index (χ1v) is 29.9. The largest absolute Gasteiger partial charge is 0.462 e. The number of hydrogen-bond acceptors (Lipinski definition) is 6. The monoisotopic (exact) mass is 933 g/mol. The van der Waals surface area contributed by atoms with Crippen molar-refractivity contribution < 1.29 is 28.6 Å². The third kappa shape index (κ3) is 53.4. The highest BCUT2D eigenvalue weighted by molar-refractivity contribution is 5.71. The molecule has 6 nitrogen and oxygen atoms in total. The first-order chi connectivity index (χ1) is 32.4. The quantitative estimate of drug-likeness (QED) is 0.0343. The van der Waals surface area contributed by atoms with Crippen LogP contribution in [0.1, 0.15) is 342 Å². The highest BCUT2D eigenvalue weighted by Crippen LogP contribution is 2.18. The molecule has 0 aliphatic carbocycles. The first kappa shape index (κ1) is 64.4. The third-order valence-corrected chi connectivity index (χ3v) is 13.8. The lowest BCUT2D eigenvalue weighted by Crippen LogP contribution is -2.30. The lowest BCUT2D eigenvalue weighted by atomic mass is 10.0. The van der Waals surface area contributed by atoms with Gasteiger partial charge >= 0.3 is 17.9 Å². The molecule has 0 aromatic heterocycles. The molecule has 0 aliphatic heterocycles. The average Bonchev–Trinajstić information content (AvgIpc) is 3.30. The molecule has 0 amide bonds. The van der Waals surface area contributed by atoms with Gasteiger partial charge in [-0.25, -0.2) is 0 Å². The van der Waals surface area contributed by atoms with Gasteiger partial charge in [0.25, 0.3) is 0 Å². The molecule has 0 unspecified atom stereocenters. The molecule has 0 aromatic rings. The van der Waals surface area contributed by atoms with Gasteiger partial charge in [-0.15, -0.1) is 0 Å². The van der Waals surface area contributed by atoms with Gasteiger partial charge in [0.05, 0.1) is 0 Å². The molecule has 0 N–H and O–H groups in total. The van der Waals surface area contributed by atoms with Gasteiger partial charge in [0.15, 0.2) is 6.10 Å². The van der Waals surface area contributed by atoms with Crippen LogP contribution < -0.4 is 0 Å². The summed E-state index contributed by atoms with van der Waals surface area (Å²) in [5, 5.41) is 0. The Morgan fingerprint density at radius 2 is 0.500 bits per heavy atom. The normalized spacial score (nSPS) is 12.0. The SMILES string of the molecule is CCCCCCCCCCCCCCCCCCCCC(=O)OC[C@@H](COC(=O)CCCCCCCCCCCC(C)C)OC(=O)CCCCCCCCCCCCCCCCCCCC. The van der Waals surface area contributed by atoms with Crippen molar-refractivity contribution in [3.63, 3.8) is 0 Å². The molecule has 0 bridgehead atoms. The van der Waals surface area contributed by atoms with Crippen LogP contribution in [0.4, 0.5) is 0 Å². The van der Waals surface area contributed by atoms with Gasteiger partial charge in [-0.2, -0.15) is 0 Å². The smallest absolute Gasteiger partial charge is 0.306 e. The molecular weight excluding hydrogens is 817 g/mol. The molecule has 6 heteroatoms. The van der Waals surface area contributed by atoms with Crippen LogP contribution in [-0.4, -0.2) is 37.2 Å². The van der Waals surface area contributed by atoms with Crippen molar-refractivity contribution in [1.29, 1.82) is 0 Å². The number of carbonyl (C=O) groups is 3. The zero-order chi connectivity index (χ0) is 48.1. The topological polar surface area (TPSA) is 78.9 Å². The lowest BCUT2D eigenvalue weighted by molar-refractivity contribution is -0.167. The average molecular weight is 934 g/mol. The van der Waals surface area contributed by atoms with Crippen LogP contribution >= 0.6 is 0 Å². The van der Waals surface area contributed by atoms with Gasteiger partial charge in [0.2, 0.25) is 0 Å². The molecule has 0 spiro atoms. The van der Waals surface area contributed by atoms with Gasteiger partial charge < -0.3 is 14.2 Å². The fourth-order valence-corrected chi connectivity index (χ4v) is 9.28. The van der Waals surface area contributed by atoms with Crippen molar-refractivity contribution in [3.05, 3.63) is 0 Å². The van der Waals surface area contributed by atoms with Crippen molar-refractivity contribution in [3.8, 4) is 0 Å². The van der Waals surface area contributed by atoms with Gasteiger partial charge in [-0.1, -0.05) is 304 Å². The summed E-state index contributed by atoms with van der Waals surface area (Å²) >= 11 is 0. The molecule has 0 radical (unpaired) electrons. The minimum Gasteiger partial charge on any atom is -0.462 e. The maximum atomic E-state index is 12.9.